The van der Waals surface area contributed by atoms with E-state index in [1.165, 1.54) is 12.1 Å². The van der Waals surface area contributed by atoms with Crippen LogP contribution in [0.5, 0.6) is 5.75 Å². The lowest BCUT2D eigenvalue weighted by atomic mass is 9.91. The molecule has 1 saturated carbocycles. The smallest absolute Gasteiger partial charge is 0.240 e. The van der Waals surface area contributed by atoms with E-state index in [9.17, 15) is 8.42 Å². The molecule has 0 spiro atoms. The van der Waals surface area contributed by atoms with E-state index in [-0.39, 0.29) is 17.0 Å². The fourth-order valence-corrected chi connectivity index (χ4v) is 3.19. The molecular weight excluding hydrogens is 282 g/mol. The van der Waals surface area contributed by atoms with Crippen LogP contribution in [-0.4, -0.2) is 46.0 Å². The maximum absolute atomic E-state index is 12.1. The number of hydrogen-bond donors (Lipinski definition) is 2. The highest BCUT2D eigenvalue weighted by Gasteiger charge is 2.31. The molecule has 0 atom stereocenters. The Morgan fingerprint density at radius 3 is 2.45 bits per heavy atom. The first kappa shape index (κ1) is 15.2. The first-order valence-corrected chi connectivity index (χ1v) is 7.92. The van der Waals surface area contributed by atoms with Gasteiger partial charge in [-0.2, -0.15) is 0 Å². The summed E-state index contributed by atoms with van der Waals surface area (Å²) in [7, 11) is -1.94. The number of aliphatic hydroxyl groups excluding tert-OH is 1. The molecule has 0 saturated heterocycles. The minimum absolute atomic E-state index is 0.173. The van der Waals surface area contributed by atoms with Gasteiger partial charge in [0.05, 0.1) is 17.6 Å². The Morgan fingerprint density at radius 1 is 1.25 bits per heavy atom. The molecular formula is C13H19NO5S. The highest BCUT2D eigenvalue weighted by molar-refractivity contribution is 7.89. The van der Waals surface area contributed by atoms with Crippen molar-refractivity contribution >= 4 is 10.0 Å². The van der Waals surface area contributed by atoms with Gasteiger partial charge in [0.1, 0.15) is 12.4 Å². The molecule has 1 aromatic rings. The summed E-state index contributed by atoms with van der Waals surface area (Å²) in [5.74, 6) is 0.597. The van der Waals surface area contributed by atoms with Crippen LogP contribution in [0.1, 0.15) is 12.8 Å². The standard InChI is InChI=1S/C13H19NO5S/c1-18-6-7-19-12-2-4-13(5-3-12)20(16,17)14-10-8-11(15)9-10/h2-5,10-11,14-15H,6-9H2,1H3. The van der Waals surface area contributed by atoms with Crippen LogP contribution in [0.15, 0.2) is 29.2 Å². The van der Waals surface area contributed by atoms with Gasteiger partial charge in [0.2, 0.25) is 10.0 Å². The maximum atomic E-state index is 12.1. The fraction of sp³-hybridized carbons (Fsp3) is 0.538. The number of nitrogens with one attached hydrogen (secondary N) is 1. The third-order valence-electron chi connectivity index (χ3n) is 3.13. The molecule has 1 fully saturated rings. The highest BCUT2D eigenvalue weighted by atomic mass is 32.2. The predicted octanol–water partition coefficient (Wildman–Crippen LogP) is 0.513. The molecule has 112 valence electrons. The second-order valence-corrected chi connectivity index (χ2v) is 6.47. The van der Waals surface area contributed by atoms with Gasteiger partial charge in [0.15, 0.2) is 0 Å². The quantitative estimate of drug-likeness (QED) is 0.717. The van der Waals surface area contributed by atoms with Crippen molar-refractivity contribution in [3.63, 3.8) is 0 Å². The third-order valence-corrected chi connectivity index (χ3v) is 4.66. The molecule has 0 amide bonds. The topological polar surface area (TPSA) is 84.9 Å². The molecule has 0 radical (unpaired) electrons. The second kappa shape index (κ2) is 6.53. The van der Waals surface area contributed by atoms with Crippen molar-refractivity contribution in [2.45, 2.75) is 29.9 Å². The first-order chi connectivity index (χ1) is 9.51. The molecule has 0 unspecified atom stereocenters. The molecule has 6 nitrogen and oxygen atoms in total. The van der Waals surface area contributed by atoms with Crippen molar-refractivity contribution in [1.29, 1.82) is 0 Å². The summed E-state index contributed by atoms with van der Waals surface area (Å²) < 4.78 is 36.9. The zero-order valence-electron chi connectivity index (χ0n) is 11.3. The van der Waals surface area contributed by atoms with Crippen LogP contribution in [0.25, 0.3) is 0 Å². The highest BCUT2D eigenvalue weighted by Crippen LogP contribution is 2.22. The molecule has 2 rings (SSSR count). The van der Waals surface area contributed by atoms with Crippen LogP contribution in [-0.2, 0) is 14.8 Å². The number of aliphatic hydroxyl groups is 1. The third kappa shape index (κ3) is 3.92. The van der Waals surface area contributed by atoms with Gasteiger partial charge in [-0.15, -0.1) is 0 Å². The lowest BCUT2D eigenvalue weighted by Gasteiger charge is -2.31. The van der Waals surface area contributed by atoms with Crippen LogP contribution in [0.2, 0.25) is 0 Å². The van der Waals surface area contributed by atoms with Crippen LogP contribution >= 0.6 is 0 Å². The molecule has 1 aliphatic carbocycles. The van der Waals surface area contributed by atoms with Crippen molar-refractivity contribution < 1.29 is 23.0 Å². The lowest BCUT2D eigenvalue weighted by molar-refractivity contribution is 0.0712. The zero-order valence-corrected chi connectivity index (χ0v) is 12.1. The first-order valence-electron chi connectivity index (χ1n) is 6.43. The Kier molecular flexibility index (Phi) is 4.98. The van der Waals surface area contributed by atoms with Crippen LogP contribution in [0.4, 0.5) is 0 Å². The van der Waals surface area contributed by atoms with Crippen LogP contribution in [0, 0.1) is 0 Å². The van der Waals surface area contributed by atoms with Gasteiger partial charge in [-0.3, -0.25) is 0 Å². The summed E-state index contributed by atoms with van der Waals surface area (Å²) in [5.41, 5.74) is 0. The van der Waals surface area contributed by atoms with E-state index >= 15 is 0 Å². The summed E-state index contributed by atoms with van der Waals surface area (Å²) in [4.78, 5) is 0.193. The number of ether oxygens (including phenoxy) is 2. The number of benzene rings is 1. The maximum Gasteiger partial charge on any atom is 0.240 e. The van der Waals surface area contributed by atoms with Gasteiger partial charge in [-0.1, -0.05) is 0 Å². The van der Waals surface area contributed by atoms with E-state index in [0.717, 1.165) is 0 Å². The summed E-state index contributed by atoms with van der Waals surface area (Å²) in [6.45, 7) is 0.895. The Hall–Kier alpha value is -1.15. The summed E-state index contributed by atoms with van der Waals surface area (Å²) >= 11 is 0. The van der Waals surface area contributed by atoms with E-state index < -0.39 is 10.0 Å². The van der Waals surface area contributed by atoms with Crippen LogP contribution in [0.3, 0.4) is 0 Å². The van der Waals surface area contributed by atoms with E-state index in [2.05, 4.69) is 4.72 Å². The van der Waals surface area contributed by atoms with E-state index in [4.69, 9.17) is 14.6 Å². The van der Waals surface area contributed by atoms with Gasteiger partial charge in [-0.25, -0.2) is 13.1 Å². The van der Waals surface area contributed by atoms with E-state index in [1.807, 2.05) is 0 Å². The SMILES string of the molecule is COCCOc1ccc(S(=O)(=O)NC2CC(O)C2)cc1. The number of methoxy groups -OCH3 is 1. The van der Waals surface area contributed by atoms with E-state index in [1.54, 1.807) is 19.2 Å². The molecule has 1 aliphatic rings. The Morgan fingerprint density at radius 2 is 1.90 bits per heavy atom. The monoisotopic (exact) mass is 301 g/mol. The fourth-order valence-electron chi connectivity index (χ4n) is 1.93. The minimum atomic E-state index is -3.53. The average Bonchev–Trinajstić information content (AvgIpc) is 2.38. The van der Waals surface area contributed by atoms with Crippen molar-refractivity contribution in [3.05, 3.63) is 24.3 Å². The Labute approximate surface area is 118 Å². The van der Waals surface area contributed by atoms with Crippen molar-refractivity contribution in [1.82, 2.24) is 4.72 Å². The molecule has 0 aliphatic heterocycles. The summed E-state index contributed by atoms with van der Waals surface area (Å²) in [6, 6.07) is 6.05. The molecule has 0 bridgehead atoms. The molecule has 20 heavy (non-hydrogen) atoms. The molecule has 1 aromatic carbocycles. The van der Waals surface area contributed by atoms with E-state index in [0.29, 0.717) is 31.8 Å². The van der Waals surface area contributed by atoms with Gasteiger partial charge in [0.25, 0.3) is 0 Å². The molecule has 0 heterocycles. The molecule has 2 N–H and O–H groups in total. The number of hydrogen-bond acceptors (Lipinski definition) is 5. The minimum Gasteiger partial charge on any atom is -0.491 e. The summed E-state index contributed by atoms with van der Waals surface area (Å²) in [5, 5.41) is 9.16. The van der Waals surface area contributed by atoms with Gasteiger partial charge in [-0.05, 0) is 37.1 Å². The average molecular weight is 301 g/mol. The number of sulfonamides is 1. The second-order valence-electron chi connectivity index (χ2n) is 4.76. The summed E-state index contributed by atoms with van der Waals surface area (Å²) in [6.07, 6.45) is 0.550. The Bertz CT molecular complexity index is 522. The van der Waals surface area contributed by atoms with Gasteiger partial charge >= 0.3 is 0 Å². The zero-order chi connectivity index (χ0) is 14.6. The van der Waals surface area contributed by atoms with Crippen molar-refractivity contribution in [2.24, 2.45) is 0 Å². The number of rotatable bonds is 7. The van der Waals surface area contributed by atoms with Gasteiger partial charge in [0, 0.05) is 13.2 Å². The van der Waals surface area contributed by atoms with Crippen molar-refractivity contribution in [3.8, 4) is 5.75 Å². The normalized spacial score (nSPS) is 22.3. The van der Waals surface area contributed by atoms with Gasteiger partial charge < -0.3 is 14.6 Å². The largest absolute Gasteiger partial charge is 0.491 e. The lowest BCUT2D eigenvalue weighted by Crippen LogP contribution is -2.46. The predicted molar refractivity (Wildman–Crippen MR) is 73.2 cm³/mol. The van der Waals surface area contributed by atoms with Crippen molar-refractivity contribution in [2.75, 3.05) is 20.3 Å². The van der Waals surface area contributed by atoms with Crippen LogP contribution < -0.4 is 9.46 Å². The molecule has 7 heteroatoms. The Balaban J connectivity index is 1.94. The molecule has 0 aromatic heterocycles.